The molecule has 4 aromatic rings. The van der Waals surface area contributed by atoms with Crippen LogP contribution in [0.15, 0.2) is 71.5 Å². The summed E-state index contributed by atoms with van der Waals surface area (Å²) >= 11 is 0. The van der Waals surface area contributed by atoms with Crippen molar-refractivity contribution in [1.29, 1.82) is 0 Å². The highest BCUT2D eigenvalue weighted by Crippen LogP contribution is 2.21. The molecule has 0 fully saturated rings. The van der Waals surface area contributed by atoms with Gasteiger partial charge in [-0.25, -0.2) is 4.79 Å². The molecule has 1 heterocycles. The van der Waals surface area contributed by atoms with Crippen molar-refractivity contribution in [3.05, 3.63) is 93.9 Å². The van der Waals surface area contributed by atoms with Gasteiger partial charge < -0.3 is 15.4 Å². The van der Waals surface area contributed by atoms with Crippen LogP contribution in [0, 0.1) is 13.8 Å². The molecule has 0 bridgehead atoms. The number of carbonyl (C=O) groups is 1. The Kier molecular flexibility index (Phi) is 6.40. The van der Waals surface area contributed by atoms with E-state index in [9.17, 15) is 9.59 Å². The number of ether oxygens (including phenoxy) is 1. The van der Waals surface area contributed by atoms with Crippen molar-refractivity contribution in [2.75, 3.05) is 17.7 Å². The minimum absolute atomic E-state index is 0.126. The lowest BCUT2D eigenvalue weighted by atomic mass is 10.1. The number of carbonyl (C=O) groups excluding carboxylic acids is 1. The van der Waals surface area contributed by atoms with E-state index in [4.69, 9.17) is 4.74 Å². The van der Waals surface area contributed by atoms with Gasteiger partial charge >= 0.3 is 5.69 Å². The zero-order valence-corrected chi connectivity index (χ0v) is 18.9. The van der Waals surface area contributed by atoms with Crippen LogP contribution >= 0.6 is 0 Å². The molecule has 7 nitrogen and oxygen atoms in total. The first-order valence-electron chi connectivity index (χ1n) is 10.7. The van der Waals surface area contributed by atoms with Crippen molar-refractivity contribution in [1.82, 2.24) is 9.55 Å². The van der Waals surface area contributed by atoms with Crippen LogP contribution in [0.1, 0.15) is 16.7 Å². The molecule has 0 saturated heterocycles. The van der Waals surface area contributed by atoms with Crippen LogP contribution in [-0.2, 0) is 17.9 Å². The summed E-state index contributed by atoms with van der Waals surface area (Å²) in [6, 6.07) is 20.8. The maximum Gasteiger partial charge on any atom is 0.350 e. The first kappa shape index (κ1) is 22.1. The molecular weight excluding hydrogens is 416 g/mol. The Morgan fingerprint density at radius 2 is 1.76 bits per heavy atom. The number of amides is 1. The van der Waals surface area contributed by atoms with Crippen LogP contribution in [0.5, 0.6) is 5.75 Å². The maximum atomic E-state index is 12.9. The molecule has 2 N–H and O–H groups in total. The largest absolute Gasteiger partial charge is 0.497 e. The summed E-state index contributed by atoms with van der Waals surface area (Å²) in [6.07, 6.45) is 0. The van der Waals surface area contributed by atoms with Gasteiger partial charge in [0.05, 0.1) is 12.6 Å². The monoisotopic (exact) mass is 442 g/mol. The smallest absolute Gasteiger partial charge is 0.350 e. The zero-order chi connectivity index (χ0) is 23.4. The van der Waals surface area contributed by atoms with Crippen molar-refractivity contribution < 1.29 is 9.53 Å². The summed E-state index contributed by atoms with van der Waals surface area (Å²) in [7, 11) is 1.63. The molecule has 33 heavy (non-hydrogen) atoms. The average Bonchev–Trinajstić information content (AvgIpc) is 2.83. The molecule has 168 valence electrons. The summed E-state index contributed by atoms with van der Waals surface area (Å²) in [5, 5.41) is 6.93. The molecule has 1 aromatic heterocycles. The Morgan fingerprint density at radius 1 is 1.00 bits per heavy atom. The van der Waals surface area contributed by atoms with Gasteiger partial charge in [-0.1, -0.05) is 36.4 Å². The lowest BCUT2D eigenvalue weighted by molar-refractivity contribution is -0.116. The van der Waals surface area contributed by atoms with Crippen LogP contribution in [0.2, 0.25) is 0 Å². The molecule has 1 amide bonds. The molecule has 0 aliphatic carbocycles. The van der Waals surface area contributed by atoms with Crippen LogP contribution < -0.4 is 21.1 Å². The summed E-state index contributed by atoms with van der Waals surface area (Å²) in [6.45, 7) is 4.32. The third-order valence-corrected chi connectivity index (χ3v) is 5.69. The van der Waals surface area contributed by atoms with Crippen molar-refractivity contribution in [3.8, 4) is 5.75 Å². The van der Waals surface area contributed by atoms with E-state index < -0.39 is 5.69 Å². The number of nitrogens with one attached hydrogen (secondary N) is 2. The van der Waals surface area contributed by atoms with Gasteiger partial charge in [0, 0.05) is 17.6 Å². The first-order chi connectivity index (χ1) is 16.0. The van der Waals surface area contributed by atoms with E-state index in [1.165, 1.54) is 4.57 Å². The van der Waals surface area contributed by atoms with Gasteiger partial charge in [-0.3, -0.25) is 9.36 Å². The van der Waals surface area contributed by atoms with Crippen molar-refractivity contribution in [2.24, 2.45) is 0 Å². The van der Waals surface area contributed by atoms with E-state index >= 15 is 0 Å². The number of aromatic nitrogens is 2. The fourth-order valence-corrected chi connectivity index (χ4v) is 3.67. The zero-order valence-electron chi connectivity index (χ0n) is 18.9. The molecule has 7 heteroatoms. The van der Waals surface area contributed by atoms with Gasteiger partial charge in [-0.2, -0.15) is 4.98 Å². The highest BCUT2D eigenvalue weighted by molar-refractivity contribution is 5.94. The van der Waals surface area contributed by atoms with Crippen molar-refractivity contribution in [3.63, 3.8) is 0 Å². The van der Waals surface area contributed by atoms with Crippen LogP contribution in [0.25, 0.3) is 10.9 Å². The second-order valence-corrected chi connectivity index (χ2v) is 7.84. The standard InChI is InChI=1S/C26H26N4O3/c1-17-7-6-9-22(18(17)2)28-24(31)16-30-23-10-5-4-8-21(23)25(29-26(30)32)27-15-19-11-13-20(33-3)14-12-19/h4-14H,15-16H2,1-3H3,(H,28,31)(H,27,29,32). The quantitative estimate of drug-likeness (QED) is 0.446. The minimum Gasteiger partial charge on any atom is -0.497 e. The number of benzene rings is 3. The van der Waals surface area contributed by atoms with E-state index in [-0.39, 0.29) is 12.5 Å². The number of fused-ring (bicyclic) bond motifs is 1. The molecule has 0 spiro atoms. The average molecular weight is 443 g/mol. The van der Waals surface area contributed by atoms with Gasteiger partial charge in [0.1, 0.15) is 18.1 Å². The normalized spacial score (nSPS) is 10.8. The Bertz CT molecular complexity index is 1360. The van der Waals surface area contributed by atoms with Gasteiger partial charge in [-0.15, -0.1) is 0 Å². The van der Waals surface area contributed by atoms with E-state index in [2.05, 4.69) is 15.6 Å². The molecule has 0 atom stereocenters. The van der Waals surface area contributed by atoms with E-state index in [1.807, 2.05) is 80.6 Å². The first-order valence-corrected chi connectivity index (χ1v) is 10.7. The molecule has 0 radical (unpaired) electrons. The topological polar surface area (TPSA) is 85.2 Å². The van der Waals surface area contributed by atoms with Gasteiger partial charge in [0.15, 0.2) is 0 Å². The number of aryl methyl sites for hydroxylation is 1. The fraction of sp³-hybridized carbons (Fsp3) is 0.192. The number of methoxy groups -OCH3 is 1. The lowest BCUT2D eigenvalue weighted by Crippen LogP contribution is -2.30. The second-order valence-electron chi connectivity index (χ2n) is 7.84. The fourth-order valence-electron chi connectivity index (χ4n) is 3.67. The minimum atomic E-state index is -0.484. The molecule has 0 unspecified atom stereocenters. The van der Waals surface area contributed by atoms with Crippen molar-refractivity contribution >= 4 is 28.3 Å². The molecular formula is C26H26N4O3. The molecule has 0 saturated carbocycles. The number of nitrogens with zero attached hydrogens (tertiary/aromatic N) is 2. The molecule has 4 rings (SSSR count). The SMILES string of the molecule is COc1ccc(CNc2nc(=O)n(CC(=O)Nc3cccc(C)c3C)c3ccccc23)cc1. The Labute approximate surface area is 192 Å². The lowest BCUT2D eigenvalue weighted by Gasteiger charge is -2.15. The van der Waals surface area contributed by atoms with Gasteiger partial charge in [0.25, 0.3) is 0 Å². The number of rotatable bonds is 7. The predicted octanol–water partition coefficient (Wildman–Crippen LogP) is 4.27. The molecule has 0 aliphatic heterocycles. The third-order valence-electron chi connectivity index (χ3n) is 5.69. The maximum absolute atomic E-state index is 12.9. The van der Waals surface area contributed by atoms with E-state index in [0.717, 1.165) is 33.5 Å². The number of anilines is 2. The summed E-state index contributed by atoms with van der Waals surface area (Å²) in [5.74, 6) is 0.985. The summed E-state index contributed by atoms with van der Waals surface area (Å²) in [5.41, 5.74) is 4.01. The van der Waals surface area contributed by atoms with Crippen LogP contribution in [0.3, 0.4) is 0 Å². The highest BCUT2D eigenvalue weighted by Gasteiger charge is 2.14. The predicted molar refractivity (Wildman–Crippen MR) is 131 cm³/mol. The van der Waals surface area contributed by atoms with Gasteiger partial charge in [0.2, 0.25) is 5.91 Å². The van der Waals surface area contributed by atoms with Crippen LogP contribution in [-0.4, -0.2) is 22.6 Å². The molecule has 3 aromatic carbocycles. The van der Waals surface area contributed by atoms with Crippen LogP contribution in [0.4, 0.5) is 11.5 Å². The number of para-hydroxylation sites is 1. The number of hydrogen-bond donors (Lipinski definition) is 2. The highest BCUT2D eigenvalue weighted by atomic mass is 16.5. The summed E-state index contributed by atoms with van der Waals surface area (Å²) in [4.78, 5) is 29.9. The number of hydrogen-bond acceptors (Lipinski definition) is 5. The Morgan fingerprint density at radius 3 is 2.52 bits per heavy atom. The summed E-state index contributed by atoms with van der Waals surface area (Å²) < 4.78 is 6.59. The molecule has 0 aliphatic rings. The van der Waals surface area contributed by atoms with Gasteiger partial charge in [-0.05, 0) is 60.9 Å². The van der Waals surface area contributed by atoms with Crippen molar-refractivity contribution in [2.45, 2.75) is 26.9 Å². The third kappa shape index (κ3) is 4.87. The Balaban J connectivity index is 1.58. The second kappa shape index (κ2) is 9.56. The van der Waals surface area contributed by atoms with E-state index in [0.29, 0.717) is 17.9 Å². The van der Waals surface area contributed by atoms with E-state index in [1.54, 1.807) is 7.11 Å². The Hall–Kier alpha value is -4.13.